The van der Waals surface area contributed by atoms with Gasteiger partial charge in [-0.15, -0.1) is 11.3 Å². The molecule has 6 nitrogen and oxygen atoms in total. The highest BCUT2D eigenvalue weighted by atomic mass is 32.1. The molecule has 1 atom stereocenters. The van der Waals surface area contributed by atoms with Crippen molar-refractivity contribution in [3.63, 3.8) is 0 Å². The largest absolute Gasteiger partial charge is 0.507 e. The molecule has 152 valence electrons. The monoisotopic (exact) mass is 420 g/mol. The lowest BCUT2D eigenvalue weighted by molar-refractivity contribution is -0.132. The van der Waals surface area contributed by atoms with Crippen molar-refractivity contribution in [2.45, 2.75) is 26.0 Å². The zero-order valence-corrected chi connectivity index (χ0v) is 17.3. The van der Waals surface area contributed by atoms with Gasteiger partial charge in [-0.2, -0.15) is 0 Å². The number of Topliss-reactive ketones (excluding diaryl/α,β-unsaturated/α-hetero) is 1. The molecule has 1 aliphatic heterocycles. The second kappa shape index (κ2) is 8.12. The Balaban J connectivity index is 1.82. The molecule has 1 fully saturated rings. The normalized spacial score (nSPS) is 18.2. The summed E-state index contributed by atoms with van der Waals surface area (Å²) >= 11 is 1.41. The molecule has 0 spiro atoms. The van der Waals surface area contributed by atoms with Gasteiger partial charge in [0.2, 0.25) is 0 Å². The van der Waals surface area contributed by atoms with Crippen molar-refractivity contribution in [3.8, 4) is 5.75 Å². The number of benzene rings is 1. The van der Waals surface area contributed by atoms with E-state index in [0.29, 0.717) is 17.1 Å². The first kappa shape index (κ1) is 19.8. The second-order valence-corrected chi connectivity index (χ2v) is 8.04. The fourth-order valence-corrected chi connectivity index (χ4v) is 4.22. The SMILES string of the molecule is CC(C)Oc1ccc(C(O)=C2C(=O)C(=O)N(c3ccccn3)[C@H]2c2cccs2)cc1. The number of nitrogens with zero attached hydrogens (tertiary/aromatic N) is 2. The minimum Gasteiger partial charge on any atom is -0.507 e. The number of aliphatic hydroxyl groups excluding tert-OH is 1. The van der Waals surface area contributed by atoms with Crippen molar-refractivity contribution in [2.24, 2.45) is 0 Å². The average Bonchev–Trinajstić information content (AvgIpc) is 3.35. The molecule has 1 aliphatic rings. The Morgan fingerprint density at radius 3 is 2.47 bits per heavy atom. The number of thiophene rings is 1. The highest BCUT2D eigenvalue weighted by molar-refractivity contribution is 7.10. The van der Waals surface area contributed by atoms with Gasteiger partial charge in [-0.05, 0) is 61.7 Å². The number of hydrogen-bond acceptors (Lipinski definition) is 6. The Kier molecular flexibility index (Phi) is 5.37. The number of rotatable bonds is 5. The van der Waals surface area contributed by atoms with Crippen molar-refractivity contribution in [1.29, 1.82) is 0 Å². The number of ketones is 1. The van der Waals surface area contributed by atoms with E-state index in [1.807, 2.05) is 31.4 Å². The van der Waals surface area contributed by atoms with E-state index < -0.39 is 17.7 Å². The summed E-state index contributed by atoms with van der Waals surface area (Å²) in [4.78, 5) is 32.2. The van der Waals surface area contributed by atoms with Gasteiger partial charge in [-0.1, -0.05) is 12.1 Å². The van der Waals surface area contributed by atoms with Crippen LogP contribution in [0.15, 0.2) is 71.7 Å². The van der Waals surface area contributed by atoms with Crippen LogP contribution in [0.1, 0.15) is 30.3 Å². The molecule has 0 radical (unpaired) electrons. The number of amides is 1. The van der Waals surface area contributed by atoms with Gasteiger partial charge in [-0.25, -0.2) is 4.98 Å². The standard InChI is InChI=1S/C23H20N2O4S/c1-14(2)29-16-10-8-15(9-11-16)21(26)19-20(17-6-5-13-30-17)25(23(28)22(19)27)18-7-3-4-12-24-18/h3-14,20,26H,1-2H3/t20-/m0/s1. The maximum atomic E-state index is 13.0. The molecular weight excluding hydrogens is 400 g/mol. The molecule has 0 unspecified atom stereocenters. The zero-order valence-electron chi connectivity index (χ0n) is 16.5. The molecule has 1 aromatic carbocycles. The van der Waals surface area contributed by atoms with Crippen LogP contribution in [0.25, 0.3) is 5.76 Å². The van der Waals surface area contributed by atoms with Gasteiger partial charge in [0.25, 0.3) is 5.78 Å². The van der Waals surface area contributed by atoms with Gasteiger partial charge in [0.05, 0.1) is 11.7 Å². The quantitative estimate of drug-likeness (QED) is 0.372. The molecule has 0 bridgehead atoms. The summed E-state index contributed by atoms with van der Waals surface area (Å²) in [5.41, 5.74) is 0.484. The van der Waals surface area contributed by atoms with Crippen LogP contribution >= 0.6 is 11.3 Å². The summed E-state index contributed by atoms with van der Waals surface area (Å²) in [6, 6.07) is 14.9. The molecule has 2 aromatic heterocycles. The number of hydrogen-bond donors (Lipinski definition) is 1. The smallest absolute Gasteiger partial charge is 0.301 e. The fourth-order valence-electron chi connectivity index (χ4n) is 3.40. The summed E-state index contributed by atoms with van der Waals surface area (Å²) in [6.45, 7) is 3.85. The van der Waals surface area contributed by atoms with E-state index in [9.17, 15) is 14.7 Å². The van der Waals surface area contributed by atoms with Crippen LogP contribution < -0.4 is 9.64 Å². The lowest BCUT2D eigenvalue weighted by Gasteiger charge is -2.23. The first-order valence-corrected chi connectivity index (χ1v) is 10.4. The van der Waals surface area contributed by atoms with Crippen LogP contribution in [0.4, 0.5) is 5.82 Å². The second-order valence-electron chi connectivity index (χ2n) is 7.06. The third-order valence-corrected chi connectivity index (χ3v) is 5.58. The van der Waals surface area contributed by atoms with E-state index in [0.717, 1.165) is 4.88 Å². The molecule has 30 heavy (non-hydrogen) atoms. The topological polar surface area (TPSA) is 79.7 Å². The van der Waals surface area contributed by atoms with Crippen LogP contribution in [0, 0.1) is 0 Å². The molecule has 3 aromatic rings. The maximum Gasteiger partial charge on any atom is 0.301 e. The van der Waals surface area contributed by atoms with Crippen molar-refractivity contribution in [2.75, 3.05) is 4.90 Å². The van der Waals surface area contributed by atoms with E-state index >= 15 is 0 Å². The lowest BCUT2D eigenvalue weighted by Crippen LogP contribution is -2.29. The minimum absolute atomic E-state index is 0.0203. The number of anilines is 1. The Morgan fingerprint density at radius 1 is 1.10 bits per heavy atom. The van der Waals surface area contributed by atoms with E-state index in [4.69, 9.17) is 4.74 Å². The molecular formula is C23H20N2O4S. The number of carbonyl (C=O) groups is 2. The molecule has 1 saturated heterocycles. The molecule has 3 heterocycles. The average molecular weight is 420 g/mol. The van der Waals surface area contributed by atoms with Crippen molar-refractivity contribution < 1.29 is 19.4 Å². The number of aliphatic hydroxyl groups is 1. The third kappa shape index (κ3) is 3.59. The predicted molar refractivity (Wildman–Crippen MR) is 116 cm³/mol. The van der Waals surface area contributed by atoms with Crippen molar-refractivity contribution in [3.05, 3.63) is 82.2 Å². The fraction of sp³-hybridized carbons (Fsp3) is 0.174. The zero-order chi connectivity index (χ0) is 21.3. The summed E-state index contributed by atoms with van der Waals surface area (Å²) in [7, 11) is 0. The Labute approximate surface area is 178 Å². The van der Waals surface area contributed by atoms with E-state index in [2.05, 4.69) is 4.98 Å². The number of aromatic nitrogens is 1. The summed E-state index contributed by atoms with van der Waals surface area (Å²) in [5, 5.41) is 12.9. The van der Waals surface area contributed by atoms with Gasteiger partial charge < -0.3 is 9.84 Å². The molecule has 1 N–H and O–H groups in total. The molecule has 4 rings (SSSR count). The summed E-state index contributed by atoms with van der Waals surface area (Å²) < 4.78 is 5.63. The van der Waals surface area contributed by atoms with Gasteiger partial charge in [0.15, 0.2) is 0 Å². The van der Waals surface area contributed by atoms with Crippen molar-refractivity contribution >= 4 is 34.6 Å². The van der Waals surface area contributed by atoms with Gasteiger partial charge in [0.1, 0.15) is 23.4 Å². The Hall–Kier alpha value is -3.45. The van der Waals surface area contributed by atoms with E-state index in [1.54, 1.807) is 48.7 Å². The highest BCUT2D eigenvalue weighted by Gasteiger charge is 2.47. The summed E-state index contributed by atoms with van der Waals surface area (Å²) in [6.07, 6.45) is 1.58. The van der Waals surface area contributed by atoms with Gasteiger partial charge >= 0.3 is 5.91 Å². The Morgan fingerprint density at radius 2 is 1.87 bits per heavy atom. The van der Waals surface area contributed by atoms with E-state index in [1.165, 1.54) is 16.2 Å². The van der Waals surface area contributed by atoms with Crippen LogP contribution in [0.2, 0.25) is 0 Å². The van der Waals surface area contributed by atoms with Crippen LogP contribution in [0.3, 0.4) is 0 Å². The molecule has 0 aliphatic carbocycles. The predicted octanol–water partition coefficient (Wildman–Crippen LogP) is 4.56. The highest BCUT2D eigenvalue weighted by Crippen LogP contribution is 2.42. The van der Waals surface area contributed by atoms with Crippen LogP contribution in [-0.2, 0) is 9.59 Å². The van der Waals surface area contributed by atoms with Crippen LogP contribution in [0.5, 0.6) is 5.75 Å². The molecule has 0 saturated carbocycles. The number of carbonyl (C=O) groups excluding carboxylic acids is 2. The van der Waals surface area contributed by atoms with Gasteiger partial charge in [0, 0.05) is 16.6 Å². The number of pyridine rings is 1. The lowest BCUT2D eigenvalue weighted by atomic mass is 10.00. The first-order valence-electron chi connectivity index (χ1n) is 9.50. The molecule has 7 heteroatoms. The Bertz CT molecular complexity index is 1090. The third-order valence-electron chi connectivity index (χ3n) is 4.65. The van der Waals surface area contributed by atoms with Crippen LogP contribution in [-0.4, -0.2) is 27.9 Å². The molecule has 1 amide bonds. The number of ether oxygens (including phenoxy) is 1. The van der Waals surface area contributed by atoms with Gasteiger partial charge in [-0.3, -0.25) is 14.5 Å². The van der Waals surface area contributed by atoms with Crippen molar-refractivity contribution in [1.82, 2.24) is 4.98 Å². The minimum atomic E-state index is -0.744. The first-order chi connectivity index (χ1) is 14.5. The maximum absolute atomic E-state index is 13.0. The van der Waals surface area contributed by atoms with E-state index in [-0.39, 0.29) is 17.4 Å². The summed E-state index contributed by atoms with van der Waals surface area (Å²) in [5.74, 6) is -0.656.